The van der Waals surface area contributed by atoms with Gasteiger partial charge in [-0.2, -0.15) is 0 Å². The maximum absolute atomic E-state index is 11.6. The van der Waals surface area contributed by atoms with Gasteiger partial charge in [-0.1, -0.05) is 6.07 Å². The van der Waals surface area contributed by atoms with E-state index in [-0.39, 0.29) is 18.6 Å². The van der Waals surface area contributed by atoms with E-state index in [2.05, 4.69) is 5.32 Å². The van der Waals surface area contributed by atoms with Gasteiger partial charge in [-0.25, -0.2) is 0 Å². The smallest absolute Gasteiger partial charge is 0.258 e. The standard InChI is InChI=1S/C13H20N2O3/c1-9-4-5-11(14)6-12(9)18-8-13(16)15-10(2)7-17-3/h4-6,10H,7-8,14H2,1-3H3,(H,15,16). The minimum atomic E-state index is -0.179. The zero-order valence-corrected chi connectivity index (χ0v) is 11.0. The van der Waals surface area contributed by atoms with Crippen molar-refractivity contribution in [3.8, 4) is 5.75 Å². The van der Waals surface area contributed by atoms with E-state index in [4.69, 9.17) is 15.2 Å². The minimum absolute atomic E-state index is 0.0294. The Kier molecular flexibility index (Phi) is 5.45. The number of anilines is 1. The predicted molar refractivity (Wildman–Crippen MR) is 70.6 cm³/mol. The van der Waals surface area contributed by atoms with Crippen LogP contribution in [0.5, 0.6) is 5.75 Å². The molecule has 0 aliphatic carbocycles. The fourth-order valence-corrected chi connectivity index (χ4v) is 1.52. The molecule has 0 aliphatic heterocycles. The second-order valence-electron chi connectivity index (χ2n) is 4.24. The third kappa shape index (κ3) is 4.63. The first-order valence-corrected chi connectivity index (χ1v) is 5.80. The van der Waals surface area contributed by atoms with E-state index in [0.717, 1.165) is 5.56 Å². The van der Waals surface area contributed by atoms with E-state index in [1.54, 1.807) is 19.2 Å². The number of hydrogen-bond acceptors (Lipinski definition) is 4. The van der Waals surface area contributed by atoms with Crippen molar-refractivity contribution in [2.45, 2.75) is 19.9 Å². The summed E-state index contributed by atoms with van der Waals surface area (Å²) >= 11 is 0. The second kappa shape index (κ2) is 6.86. The molecule has 0 aromatic heterocycles. The molecule has 0 radical (unpaired) electrons. The largest absolute Gasteiger partial charge is 0.483 e. The van der Waals surface area contributed by atoms with Crippen LogP contribution >= 0.6 is 0 Å². The Hall–Kier alpha value is -1.75. The maximum atomic E-state index is 11.6. The number of nitrogens with one attached hydrogen (secondary N) is 1. The van der Waals surface area contributed by atoms with Crippen LogP contribution in [0, 0.1) is 6.92 Å². The van der Waals surface area contributed by atoms with E-state index in [9.17, 15) is 4.79 Å². The summed E-state index contributed by atoms with van der Waals surface area (Å²) in [4.78, 5) is 11.6. The van der Waals surface area contributed by atoms with Crippen LogP contribution in [0.3, 0.4) is 0 Å². The van der Waals surface area contributed by atoms with Crippen molar-refractivity contribution in [1.82, 2.24) is 5.32 Å². The fraction of sp³-hybridized carbons (Fsp3) is 0.462. The third-order valence-electron chi connectivity index (χ3n) is 2.40. The SMILES string of the molecule is COCC(C)NC(=O)COc1cc(N)ccc1C. The highest BCUT2D eigenvalue weighted by molar-refractivity contribution is 5.77. The molecule has 1 aromatic carbocycles. The number of ether oxygens (including phenoxy) is 2. The Morgan fingerprint density at radius 3 is 2.89 bits per heavy atom. The van der Waals surface area contributed by atoms with Crippen LogP contribution in [-0.4, -0.2) is 32.3 Å². The van der Waals surface area contributed by atoms with Gasteiger partial charge < -0.3 is 20.5 Å². The lowest BCUT2D eigenvalue weighted by Crippen LogP contribution is -2.38. The highest BCUT2D eigenvalue weighted by atomic mass is 16.5. The molecule has 1 amide bonds. The summed E-state index contributed by atoms with van der Waals surface area (Å²) in [5, 5.41) is 2.76. The van der Waals surface area contributed by atoms with Gasteiger partial charge in [0.2, 0.25) is 0 Å². The Morgan fingerprint density at radius 1 is 1.50 bits per heavy atom. The normalized spacial score (nSPS) is 11.9. The summed E-state index contributed by atoms with van der Waals surface area (Å²) in [5.74, 6) is 0.450. The number of carbonyl (C=O) groups is 1. The first kappa shape index (κ1) is 14.3. The van der Waals surface area contributed by atoms with Gasteiger partial charge in [0, 0.05) is 24.9 Å². The lowest BCUT2D eigenvalue weighted by molar-refractivity contribution is -0.124. The monoisotopic (exact) mass is 252 g/mol. The average Bonchev–Trinajstić information content (AvgIpc) is 2.30. The molecule has 0 heterocycles. The van der Waals surface area contributed by atoms with Gasteiger partial charge in [-0.3, -0.25) is 4.79 Å². The molecular formula is C13H20N2O3. The van der Waals surface area contributed by atoms with Gasteiger partial charge in [0.05, 0.1) is 6.61 Å². The summed E-state index contributed by atoms with van der Waals surface area (Å²) in [6.45, 7) is 4.22. The molecule has 1 unspecified atom stereocenters. The van der Waals surface area contributed by atoms with Gasteiger partial charge in [0.15, 0.2) is 6.61 Å². The topological polar surface area (TPSA) is 73.6 Å². The molecule has 0 spiro atoms. The van der Waals surface area contributed by atoms with Crippen molar-refractivity contribution >= 4 is 11.6 Å². The lowest BCUT2D eigenvalue weighted by atomic mass is 10.2. The van der Waals surface area contributed by atoms with Crippen LogP contribution in [0.4, 0.5) is 5.69 Å². The summed E-state index contributed by atoms with van der Waals surface area (Å²) in [6, 6.07) is 5.33. The highest BCUT2D eigenvalue weighted by Gasteiger charge is 2.08. The van der Waals surface area contributed by atoms with E-state index < -0.39 is 0 Å². The third-order valence-corrected chi connectivity index (χ3v) is 2.40. The molecule has 1 aromatic rings. The number of benzene rings is 1. The van der Waals surface area contributed by atoms with Crippen molar-refractivity contribution in [3.63, 3.8) is 0 Å². The number of nitrogen functional groups attached to an aromatic ring is 1. The molecule has 18 heavy (non-hydrogen) atoms. The number of nitrogens with two attached hydrogens (primary N) is 1. The van der Waals surface area contributed by atoms with Gasteiger partial charge in [0.25, 0.3) is 5.91 Å². The number of amides is 1. The minimum Gasteiger partial charge on any atom is -0.483 e. The molecule has 100 valence electrons. The Morgan fingerprint density at radius 2 is 2.22 bits per heavy atom. The fourth-order valence-electron chi connectivity index (χ4n) is 1.52. The van der Waals surface area contributed by atoms with Gasteiger partial charge in [0.1, 0.15) is 5.75 Å². The summed E-state index contributed by atoms with van der Waals surface area (Å²) < 4.78 is 10.4. The molecule has 5 heteroatoms. The molecule has 1 rings (SSSR count). The first-order valence-electron chi connectivity index (χ1n) is 5.80. The van der Waals surface area contributed by atoms with E-state index in [1.165, 1.54) is 0 Å². The van der Waals surface area contributed by atoms with E-state index in [1.807, 2.05) is 19.9 Å². The number of methoxy groups -OCH3 is 1. The number of aryl methyl sites for hydroxylation is 1. The molecule has 5 nitrogen and oxygen atoms in total. The number of rotatable bonds is 6. The first-order chi connectivity index (χ1) is 8.52. The summed E-state index contributed by atoms with van der Waals surface area (Å²) in [5.41, 5.74) is 7.22. The van der Waals surface area contributed by atoms with Crippen LogP contribution in [0.1, 0.15) is 12.5 Å². The van der Waals surface area contributed by atoms with Crippen LogP contribution < -0.4 is 15.8 Å². The van der Waals surface area contributed by atoms with Crippen LogP contribution in [0.15, 0.2) is 18.2 Å². The van der Waals surface area contributed by atoms with Crippen molar-refractivity contribution in [2.24, 2.45) is 0 Å². The van der Waals surface area contributed by atoms with Crippen LogP contribution in [0.2, 0.25) is 0 Å². The molecule has 1 atom stereocenters. The Bertz CT molecular complexity index is 407. The molecular weight excluding hydrogens is 232 g/mol. The van der Waals surface area contributed by atoms with Gasteiger partial charge in [-0.15, -0.1) is 0 Å². The number of hydrogen-bond donors (Lipinski definition) is 2. The zero-order valence-electron chi connectivity index (χ0n) is 11.0. The highest BCUT2D eigenvalue weighted by Crippen LogP contribution is 2.20. The van der Waals surface area contributed by atoms with E-state index in [0.29, 0.717) is 18.0 Å². The number of carbonyl (C=O) groups excluding carboxylic acids is 1. The molecule has 3 N–H and O–H groups in total. The molecule has 0 aliphatic rings. The predicted octanol–water partition coefficient (Wildman–Crippen LogP) is 1.11. The van der Waals surface area contributed by atoms with Crippen molar-refractivity contribution in [2.75, 3.05) is 26.1 Å². The molecule has 0 bridgehead atoms. The Balaban J connectivity index is 2.45. The zero-order chi connectivity index (χ0) is 13.5. The van der Waals surface area contributed by atoms with Crippen molar-refractivity contribution in [3.05, 3.63) is 23.8 Å². The van der Waals surface area contributed by atoms with Gasteiger partial charge >= 0.3 is 0 Å². The Labute approximate surface area is 107 Å². The van der Waals surface area contributed by atoms with Crippen molar-refractivity contribution < 1.29 is 14.3 Å². The summed E-state index contributed by atoms with van der Waals surface area (Å²) in [6.07, 6.45) is 0. The molecule has 0 saturated heterocycles. The van der Waals surface area contributed by atoms with Crippen LogP contribution in [-0.2, 0) is 9.53 Å². The van der Waals surface area contributed by atoms with Gasteiger partial charge in [-0.05, 0) is 25.5 Å². The van der Waals surface area contributed by atoms with E-state index >= 15 is 0 Å². The maximum Gasteiger partial charge on any atom is 0.258 e. The summed E-state index contributed by atoms with van der Waals surface area (Å²) in [7, 11) is 1.59. The van der Waals surface area contributed by atoms with Crippen LogP contribution in [0.25, 0.3) is 0 Å². The van der Waals surface area contributed by atoms with Crippen molar-refractivity contribution in [1.29, 1.82) is 0 Å². The average molecular weight is 252 g/mol. The second-order valence-corrected chi connectivity index (χ2v) is 4.24. The lowest BCUT2D eigenvalue weighted by Gasteiger charge is -2.14. The molecule has 0 fully saturated rings. The quantitative estimate of drug-likeness (QED) is 0.744. The molecule has 0 saturated carbocycles.